The van der Waals surface area contributed by atoms with Crippen molar-refractivity contribution in [3.8, 4) is 0 Å². The van der Waals surface area contributed by atoms with Crippen molar-refractivity contribution >= 4 is 17.8 Å². The van der Waals surface area contributed by atoms with Gasteiger partial charge in [-0.3, -0.25) is 19.3 Å². The van der Waals surface area contributed by atoms with E-state index in [0.29, 0.717) is 19.3 Å². The summed E-state index contributed by atoms with van der Waals surface area (Å²) in [6, 6.07) is 0. The SMILES string of the molecule is CN1C(=O)CCC(CCC(=O)O)C1=O. The lowest BCUT2D eigenvalue weighted by atomic mass is 9.92. The van der Waals surface area contributed by atoms with Gasteiger partial charge >= 0.3 is 5.97 Å². The Balaban J connectivity index is 2.51. The largest absolute Gasteiger partial charge is 0.481 e. The first kappa shape index (κ1) is 10.7. The highest BCUT2D eigenvalue weighted by Gasteiger charge is 2.31. The molecule has 0 aromatic rings. The molecule has 1 aliphatic rings. The molecule has 78 valence electrons. The van der Waals surface area contributed by atoms with Crippen LogP contribution in [-0.2, 0) is 14.4 Å². The average molecular weight is 199 g/mol. The molecule has 14 heavy (non-hydrogen) atoms. The Bertz CT molecular complexity index is 274. The molecule has 0 saturated carbocycles. The Morgan fingerprint density at radius 2 is 2.21 bits per heavy atom. The standard InChI is InChI=1S/C9H13NO4/c1-10-7(11)4-2-6(9(10)14)3-5-8(12)13/h6H,2-5H2,1H3,(H,12,13). The first-order valence-corrected chi connectivity index (χ1v) is 4.54. The van der Waals surface area contributed by atoms with Gasteiger partial charge in [0, 0.05) is 25.8 Å². The summed E-state index contributed by atoms with van der Waals surface area (Å²) in [4.78, 5) is 33.9. The van der Waals surface area contributed by atoms with Crippen molar-refractivity contribution in [2.45, 2.75) is 25.7 Å². The summed E-state index contributed by atoms with van der Waals surface area (Å²) in [6.07, 6.45) is 1.13. The van der Waals surface area contributed by atoms with Crippen LogP contribution in [0.5, 0.6) is 0 Å². The van der Waals surface area contributed by atoms with Crippen molar-refractivity contribution in [3.05, 3.63) is 0 Å². The van der Waals surface area contributed by atoms with E-state index in [1.165, 1.54) is 7.05 Å². The first-order chi connectivity index (χ1) is 6.52. The van der Waals surface area contributed by atoms with Crippen LogP contribution in [0.3, 0.4) is 0 Å². The van der Waals surface area contributed by atoms with Crippen LogP contribution in [-0.4, -0.2) is 34.8 Å². The van der Waals surface area contributed by atoms with E-state index < -0.39 is 5.97 Å². The molecule has 1 atom stereocenters. The smallest absolute Gasteiger partial charge is 0.303 e. The number of imide groups is 1. The highest BCUT2D eigenvalue weighted by Crippen LogP contribution is 2.22. The number of hydrogen-bond acceptors (Lipinski definition) is 3. The van der Waals surface area contributed by atoms with Gasteiger partial charge < -0.3 is 5.11 Å². The van der Waals surface area contributed by atoms with E-state index in [1.807, 2.05) is 0 Å². The summed E-state index contributed by atoms with van der Waals surface area (Å²) < 4.78 is 0. The summed E-state index contributed by atoms with van der Waals surface area (Å²) in [5, 5.41) is 8.46. The van der Waals surface area contributed by atoms with Gasteiger partial charge in [0.25, 0.3) is 0 Å². The maximum absolute atomic E-state index is 11.5. The number of nitrogens with zero attached hydrogens (tertiary/aromatic N) is 1. The Kier molecular flexibility index (Phi) is 3.22. The number of aliphatic carboxylic acids is 1. The van der Waals surface area contributed by atoms with Crippen molar-refractivity contribution in [3.63, 3.8) is 0 Å². The number of piperidine rings is 1. The molecule has 5 heteroatoms. The molecule has 0 bridgehead atoms. The quantitative estimate of drug-likeness (QED) is 0.661. The van der Waals surface area contributed by atoms with Crippen molar-refractivity contribution in [2.75, 3.05) is 7.05 Å². The molecule has 1 N–H and O–H groups in total. The molecule has 0 aromatic carbocycles. The lowest BCUT2D eigenvalue weighted by molar-refractivity contribution is -0.150. The molecule has 1 heterocycles. The minimum Gasteiger partial charge on any atom is -0.481 e. The fourth-order valence-corrected chi connectivity index (χ4v) is 1.55. The van der Waals surface area contributed by atoms with Crippen molar-refractivity contribution in [1.29, 1.82) is 0 Å². The molecule has 1 rings (SSSR count). The van der Waals surface area contributed by atoms with Gasteiger partial charge in [0.15, 0.2) is 0 Å². The van der Waals surface area contributed by atoms with Crippen LogP contribution >= 0.6 is 0 Å². The molecule has 1 saturated heterocycles. The highest BCUT2D eigenvalue weighted by molar-refractivity contribution is 5.98. The third kappa shape index (κ3) is 2.31. The zero-order chi connectivity index (χ0) is 10.7. The molecular weight excluding hydrogens is 186 g/mol. The molecule has 0 spiro atoms. The van der Waals surface area contributed by atoms with Gasteiger partial charge in [-0.15, -0.1) is 0 Å². The molecule has 1 unspecified atom stereocenters. The minimum atomic E-state index is -0.905. The third-order valence-corrected chi connectivity index (χ3v) is 2.47. The lowest BCUT2D eigenvalue weighted by Gasteiger charge is -2.27. The number of hydrogen-bond donors (Lipinski definition) is 1. The van der Waals surface area contributed by atoms with Gasteiger partial charge in [-0.2, -0.15) is 0 Å². The fraction of sp³-hybridized carbons (Fsp3) is 0.667. The average Bonchev–Trinajstić information content (AvgIpc) is 2.13. The maximum atomic E-state index is 11.5. The second-order valence-corrected chi connectivity index (χ2v) is 3.46. The van der Waals surface area contributed by atoms with Gasteiger partial charge in [0.1, 0.15) is 0 Å². The summed E-state index contributed by atoms with van der Waals surface area (Å²) in [5.41, 5.74) is 0. The second kappa shape index (κ2) is 4.21. The Hall–Kier alpha value is -1.39. The van der Waals surface area contributed by atoms with E-state index in [2.05, 4.69) is 0 Å². The first-order valence-electron chi connectivity index (χ1n) is 4.54. The van der Waals surface area contributed by atoms with Gasteiger partial charge in [0.05, 0.1) is 0 Å². The minimum absolute atomic E-state index is 0.0154. The topological polar surface area (TPSA) is 74.7 Å². The number of carbonyl (C=O) groups is 3. The zero-order valence-corrected chi connectivity index (χ0v) is 8.02. The Labute approximate surface area is 81.7 Å². The normalized spacial score (nSPS) is 22.6. The number of likely N-dealkylation sites (tertiary alicyclic amines) is 1. The molecular formula is C9H13NO4. The van der Waals surface area contributed by atoms with E-state index in [1.54, 1.807) is 0 Å². The van der Waals surface area contributed by atoms with Gasteiger partial charge in [0.2, 0.25) is 11.8 Å². The number of carboxylic acid groups (broad SMARTS) is 1. The van der Waals surface area contributed by atoms with E-state index in [9.17, 15) is 14.4 Å². The van der Waals surface area contributed by atoms with E-state index in [0.717, 1.165) is 4.90 Å². The lowest BCUT2D eigenvalue weighted by Crippen LogP contribution is -2.42. The summed E-state index contributed by atoms with van der Waals surface area (Å²) in [6.45, 7) is 0. The molecule has 1 aliphatic heterocycles. The van der Waals surface area contributed by atoms with Crippen LogP contribution in [0.1, 0.15) is 25.7 Å². The van der Waals surface area contributed by atoms with Crippen LogP contribution in [0.25, 0.3) is 0 Å². The summed E-state index contributed by atoms with van der Waals surface area (Å²) in [5.74, 6) is -1.63. The zero-order valence-electron chi connectivity index (χ0n) is 8.02. The molecule has 0 aromatic heterocycles. The third-order valence-electron chi connectivity index (χ3n) is 2.47. The predicted molar refractivity (Wildman–Crippen MR) is 47.4 cm³/mol. The second-order valence-electron chi connectivity index (χ2n) is 3.46. The maximum Gasteiger partial charge on any atom is 0.303 e. The summed E-state index contributed by atoms with van der Waals surface area (Å²) >= 11 is 0. The number of carbonyl (C=O) groups excluding carboxylic acids is 2. The van der Waals surface area contributed by atoms with Crippen LogP contribution in [0, 0.1) is 5.92 Å². The van der Waals surface area contributed by atoms with Crippen LogP contribution in [0.4, 0.5) is 0 Å². The van der Waals surface area contributed by atoms with Gasteiger partial charge in [-0.05, 0) is 12.8 Å². The van der Waals surface area contributed by atoms with E-state index >= 15 is 0 Å². The predicted octanol–water partition coefficient (Wildman–Crippen LogP) is 0.246. The molecule has 1 fully saturated rings. The Morgan fingerprint density at radius 3 is 2.79 bits per heavy atom. The number of rotatable bonds is 3. The molecule has 2 amide bonds. The van der Waals surface area contributed by atoms with Crippen LogP contribution in [0.15, 0.2) is 0 Å². The van der Waals surface area contributed by atoms with Crippen LogP contribution in [0.2, 0.25) is 0 Å². The van der Waals surface area contributed by atoms with Gasteiger partial charge in [-0.1, -0.05) is 0 Å². The van der Waals surface area contributed by atoms with Crippen molar-refractivity contribution in [1.82, 2.24) is 4.90 Å². The number of amides is 2. The van der Waals surface area contributed by atoms with Crippen molar-refractivity contribution < 1.29 is 19.5 Å². The van der Waals surface area contributed by atoms with E-state index in [-0.39, 0.29) is 24.2 Å². The number of carboxylic acids is 1. The molecule has 0 radical (unpaired) electrons. The van der Waals surface area contributed by atoms with Gasteiger partial charge in [-0.25, -0.2) is 0 Å². The fourth-order valence-electron chi connectivity index (χ4n) is 1.55. The summed E-state index contributed by atoms with van der Waals surface area (Å²) in [7, 11) is 1.44. The molecule has 5 nitrogen and oxygen atoms in total. The molecule has 0 aliphatic carbocycles. The van der Waals surface area contributed by atoms with Crippen LogP contribution < -0.4 is 0 Å². The monoisotopic (exact) mass is 199 g/mol. The highest BCUT2D eigenvalue weighted by atomic mass is 16.4. The Morgan fingerprint density at radius 1 is 1.57 bits per heavy atom. The van der Waals surface area contributed by atoms with E-state index in [4.69, 9.17) is 5.11 Å². The van der Waals surface area contributed by atoms with Crippen molar-refractivity contribution in [2.24, 2.45) is 5.92 Å².